The Morgan fingerprint density at radius 1 is 1.19 bits per heavy atom. The molecule has 0 unspecified atom stereocenters. The molecule has 5 heteroatoms. The van der Waals surface area contributed by atoms with E-state index in [1.165, 1.54) is 6.07 Å². The second-order valence-electron chi connectivity index (χ2n) is 7.21. The van der Waals surface area contributed by atoms with E-state index in [1.54, 1.807) is 24.3 Å². The average Bonchev–Trinajstić information content (AvgIpc) is 2.69. The first-order chi connectivity index (χ1) is 13.1. The van der Waals surface area contributed by atoms with Gasteiger partial charge in [-0.25, -0.2) is 9.37 Å². The van der Waals surface area contributed by atoms with Gasteiger partial charge in [0.25, 0.3) is 0 Å². The monoisotopic (exact) mass is 370 g/mol. The van der Waals surface area contributed by atoms with Crippen molar-refractivity contribution in [1.29, 1.82) is 0 Å². The van der Waals surface area contributed by atoms with E-state index in [0.29, 0.717) is 42.3 Å². The topological polar surface area (TPSA) is 51.2 Å². The number of carbonyl (C=O) groups excluding carboxylic acids is 1. The Balaban J connectivity index is 1.87. The van der Waals surface area contributed by atoms with Gasteiger partial charge in [-0.1, -0.05) is 44.4 Å². The largest absolute Gasteiger partial charge is 0.478 e. The minimum atomic E-state index is -0.826. The van der Waals surface area contributed by atoms with E-state index < -0.39 is 5.41 Å². The Kier molecular flexibility index (Phi) is 6.09. The third kappa shape index (κ3) is 4.12. The second kappa shape index (κ2) is 8.51. The summed E-state index contributed by atoms with van der Waals surface area (Å²) in [7, 11) is 0. The first-order valence-corrected chi connectivity index (χ1v) is 9.74. The van der Waals surface area contributed by atoms with E-state index in [1.807, 2.05) is 19.9 Å². The zero-order valence-corrected chi connectivity index (χ0v) is 16.1. The summed E-state index contributed by atoms with van der Waals surface area (Å²) >= 11 is 0. The van der Waals surface area contributed by atoms with E-state index >= 15 is 0 Å². The summed E-state index contributed by atoms with van der Waals surface area (Å²) in [6.07, 6.45) is 5.14. The molecule has 0 spiro atoms. The van der Waals surface area contributed by atoms with Crippen molar-refractivity contribution in [2.24, 2.45) is 0 Å². The van der Waals surface area contributed by atoms with Crippen molar-refractivity contribution in [1.82, 2.24) is 4.98 Å². The van der Waals surface area contributed by atoms with Gasteiger partial charge in [-0.05, 0) is 38.3 Å². The van der Waals surface area contributed by atoms with Gasteiger partial charge >= 0.3 is 0 Å². The van der Waals surface area contributed by atoms with E-state index in [2.05, 4.69) is 10.3 Å². The molecule has 0 radical (unpaired) electrons. The van der Waals surface area contributed by atoms with Crippen LogP contribution in [0.15, 0.2) is 36.4 Å². The predicted molar refractivity (Wildman–Crippen MR) is 105 cm³/mol. The number of ether oxygens (including phenoxy) is 1. The van der Waals surface area contributed by atoms with Crippen LogP contribution in [-0.2, 0) is 10.2 Å². The molecule has 144 valence electrons. The summed E-state index contributed by atoms with van der Waals surface area (Å²) in [6.45, 7) is 4.48. The van der Waals surface area contributed by atoms with Crippen molar-refractivity contribution in [2.75, 3.05) is 11.9 Å². The Morgan fingerprint density at radius 2 is 1.93 bits per heavy atom. The molecule has 0 saturated heterocycles. The second-order valence-corrected chi connectivity index (χ2v) is 7.21. The van der Waals surface area contributed by atoms with Gasteiger partial charge in [0.1, 0.15) is 5.82 Å². The van der Waals surface area contributed by atoms with E-state index in [-0.39, 0.29) is 11.7 Å². The normalized spacial score (nSPS) is 16.0. The third-order valence-electron chi connectivity index (χ3n) is 5.29. The molecule has 2 aromatic rings. The Morgan fingerprint density at radius 3 is 2.59 bits per heavy atom. The molecular formula is C22H27FN2O2. The van der Waals surface area contributed by atoms with Gasteiger partial charge in [-0.2, -0.15) is 0 Å². The number of hydrogen-bond acceptors (Lipinski definition) is 3. The van der Waals surface area contributed by atoms with Crippen LogP contribution >= 0.6 is 0 Å². The Bertz CT molecular complexity index is 801. The fourth-order valence-corrected chi connectivity index (χ4v) is 3.82. The smallest absolute Gasteiger partial charge is 0.235 e. The fraction of sp³-hybridized carbons (Fsp3) is 0.455. The quantitative estimate of drug-likeness (QED) is 0.764. The van der Waals surface area contributed by atoms with Crippen molar-refractivity contribution in [3.8, 4) is 5.88 Å². The van der Waals surface area contributed by atoms with E-state index in [0.717, 1.165) is 25.7 Å². The number of anilines is 1. The highest BCUT2D eigenvalue weighted by molar-refractivity contribution is 5.99. The SMILES string of the molecule is CCCOc1ccc(NC(=O)C2(c3ccccc3F)CCCCC2)c(C)n1. The highest BCUT2D eigenvalue weighted by Gasteiger charge is 2.43. The van der Waals surface area contributed by atoms with Gasteiger partial charge in [0.05, 0.1) is 23.4 Å². The summed E-state index contributed by atoms with van der Waals surface area (Å²) in [6, 6.07) is 10.2. The molecule has 0 bridgehead atoms. The number of rotatable bonds is 6. The van der Waals surface area contributed by atoms with Gasteiger partial charge in [-0.3, -0.25) is 4.79 Å². The van der Waals surface area contributed by atoms with Crippen LogP contribution < -0.4 is 10.1 Å². The van der Waals surface area contributed by atoms with Crippen LogP contribution in [0.3, 0.4) is 0 Å². The Labute approximate surface area is 160 Å². The van der Waals surface area contributed by atoms with Crippen molar-refractivity contribution >= 4 is 11.6 Å². The lowest BCUT2D eigenvalue weighted by atomic mass is 9.68. The van der Waals surface area contributed by atoms with Crippen LogP contribution in [0.5, 0.6) is 5.88 Å². The lowest BCUT2D eigenvalue weighted by molar-refractivity contribution is -0.122. The summed E-state index contributed by atoms with van der Waals surface area (Å²) < 4.78 is 20.1. The molecule has 1 fully saturated rings. The van der Waals surface area contributed by atoms with Gasteiger partial charge in [0.2, 0.25) is 11.8 Å². The molecule has 1 N–H and O–H groups in total. The van der Waals surface area contributed by atoms with Gasteiger partial charge < -0.3 is 10.1 Å². The first kappa shape index (κ1) is 19.3. The van der Waals surface area contributed by atoms with Crippen molar-refractivity contribution in [3.05, 3.63) is 53.5 Å². The predicted octanol–water partition coefficient (Wildman–Crippen LogP) is 5.16. The van der Waals surface area contributed by atoms with Crippen LogP contribution in [0.2, 0.25) is 0 Å². The van der Waals surface area contributed by atoms with Crippen LogP contribution in [0.4, 0.5) is 10.1 Å². The summed E-state index contributed by atoms with van der Waals surface area (Å²) in [5, 5.41) is 3.01. The number of nitrogens with one attached hydrogen (secondary N) is 1. The lowest BCUT2D eigenvalue weighted by Gasteiger charge is -2.36. The summed E-state index contributed by atoms with van der Waals surface area (Å²) in [5.74, 6) is 0.0842. The first-order valence-electron chi connectivity index (χ1n) is 9.74. The maximum Gasteiger partial charge on any atom is 0.235 e. The summed E-state index contributed by atoms with van der Waals surface area (Å²) in [5.41, 5.74) is 1.00. The zero-order valence-electron chi connectivity index (χ0n) is 16.1. The van der Waals surface area contributed by atoms with Gasteiger partial charge in [0.15, 0.2) is 0 Å². The van der Waals surface area contributed by atoms with E-state index in [9.17, 15) is 9.18 Å². The molecule has 27 heavy (non-hydrogen) atoms. The van der Waals surface area contributed by atoms with Crippen molar-refractivity contribution < 1.29 is 13.9 Å². The number of hydrogen-bond donors (Lipinski definition) is 1. The molecule has 3 rings (SSSR count). The number of aromatic nitrogens is 1. The molecule has 1 aromatic carbocycles. The Hall–Kier alpha value is -2.43. The van der Waals surface area contributed by atoms with Gasteiger partial charge in [0, 0.05) is 11.6 Å². The molecule has 1 aliphatic rings. The highest BCUT2D eigenvalue weighted by atomic mass is 19.1. The number of halogens is 1. The minimum absolute atomic E-state index is 0.153. The minimum Gasteiger partial charge on any atom is -0.478 e. The molecule has 1 saturated carbocycles. The highest BCUT2D eigenvalue weighted by Crippen LogP contribution is 2.41. The fourth-order valence-electron chi connectivity index (χ4n) is 3.82. The summed E-state index contributed by atoms with van der Waals surface area (Å²) in [4.78, 5) is 17.7. The number of nitrogens with zero attached hydrogens (tertiary/aromatic N) is 1. The molecule has 0 atom stereocenters. The number of benzene rings is 1. The molecule has 4 nitrogen and oxygen atoms in total. The molecule has 1 aliphatic carbocycles. The molecule has 0 aliphatic heterocycles. The molecule has 1 heterocycles. The maximum absolute atomic E-state index is 14.6. The van der Waals surface area contributed by atoms with E-state index in [4.69, 9.17) is 4.74 Å². The molecular weight excluding hydrogens is 343 g/mol. The number of carbonyl (C=O) groups is 1. The standard InChI is InChI=1S/C22H27FN2O2/c1-3-15-27-20-12-11-19(16(2)24-20)25-21(26)22(13-7-4-8-14-22)17-9-5-6-10-18(17)23/h5-6,9-12H,3-4,7-8,13-15H2,1-2H3,(H,25,26). The number of pyridine rings is 1. The van der Waals surface area contributed by atoms with Crippen LogP contribution in [-0.4, -0.2) is 17.5 Å². The van der Waals surface area contributed by atoms with Crippen LogP contribution in [0.1, 0.15) is 56.7 Å². The van der Waals surface area contributed by atoms with Crippen LogP contribution in [0, 0.1) is 12.7 Å². The molecule has 1 aromatic heterocycles. The number of amides is 1. The zero-order chi connectivity index (χ0) is 19.3. The molecule has 1 amide bonds. The maximum atomic E-state index is 14.6. The average molecular weight is 370 g/mol. The third-order valence-corrected chi connectivity index (χ3v) is 5.29. The van der Waals surface area contributed by atoms with Crippen molar-refractivity contribution in [3.63, 3.8) is 0 Å². The van der Waals surface area contributed by atoms with Gasteiger partial charge in [-0.15, -0.1) is 0 Å². The lowest BCUT2D eigenvalue weighted by Crippen LogP contribution is -2.42. The number of aryl methyl sites for hydroxylation is 1. The van der Waals surface area contributed by atoms with Crippen molar-refractivity contribution in [2.45, 2.75) is 57.8 Å². The van der Waals surface area contributed by atoms with Crippen LogP contribution in [0.25, 0.3) is 0 Å².